The SMILES string of the molecule is CCCNCC1C(C)(C)C1(C)C. The highest BCUT2D eigenvalue weighted by Gasteiger charge is 2.63. The normalized spacial score (nSPS) is 25.8. The molecule has 1 saturated carbocycles. The van der Waals surface area contributed by atoms with Crippen LogP contribution in [0.25, 0.3) is 0 Å². The van der Waals surface area contributed by atoms with Gasteiger partial charge in [0.1, 0.15) is 0 Å². The highest BCUT2D eigenvalue weighted by molar-refractivity contribution is 5.12. The van der Waals surface area contributed by atoms with Crippen molar-refractivity contribution in [3.8, 4) is 0 Å². The van der Waals surface area contributed by atoms with E-state index in [9.17, 15) is 0 Å². The molecule has 0 heterocycles. The van der Waals surface area contributed by atoms with Crippen LogP contribution in [0.3, 0.4) is 0 Å². The minimum atomic E-state index is 0.549. The zero-order chi connectivity index (χ0) is 9.41. The third-order valence-electron chi connectivity index (χ3n) is 4.09. The smallest absolute Gasteiger partial charge is 0.000989 e. The lowest BCUT2D eigenvalue weighted by atomic mass is 10.0. The molecule has 1 aliphatic carbocycles. The van der Waals surface area contributed by atoms with Crippen molar-refractivity contribution in [2.75, 3.05) is 13.1 Å². The molecule has 0 aliphatic heterocycles. The Hall–Kier alpha value is -0.0400. The van der Waals surface area contributed by atoms with Gasteiger partial charge in [0.2, 0.25) is 0 Å². The number of hydrogen-bond acceptors (Lipinski definition) is 1. The second-order valence-electron chi connectivity index (χ2n) is 5.20. The molecule has 1 aliphatic rings. The third kappa shape index (κ3) is 1.39. The quantitative estimate of drug-likeness (QED) is 0.638. The fraction of sp³-hybridized carbons (Fsp3) is 1.00. The summed E-state index contributed by atoms with van der Waals surface area (Å²) in [5.74, 6) is 0.872. The van der Waals surface area contributed by atoms with E-state index in [1.165, 1.54) is 19.5 Å². The van der Waals surface area contributed by atoms with Crippen molar-refractivity contribution in [2.24, 2.45) is 16.7 Å². The van der Waals surface area contributed by atoms with Crippen LogP contribution in [0, 0.1) is 16.7 Å². The van der Waals surface area contributed by atoms with Crippen LogP contribution in [0.4, 0.5) is 0 Å². The Labute approximate surface area is 76.9 Å². The molecule has 0 amide bonds. The highest BCUT2D eigenvalue weighted by atomic mass is 14.9. The lowest BCUT2D eigenvalue weighted by molar-refractivity contribution is 0.457. The summed E-state index contributed by atoms with van der Waals surface area (Å²) < 4.78 is 0. The Kier molecular flexibility index (Phi) is 2.53. The first kappa shape index (κ1) is 10.0. The van der Waals surface area contributed by atoms with Gasteiger partial charge in [0, 0.05) is 0 Å². The Balaban J connectivity index is 2.29. The molecule has 0 aromatic carbocycles. The standard InChI is InChI=1S/C11H23N/c1-6-7-12-8-9-10(2,3)11(9,4)5/h9,12H,6-8H2,1-5H3. The summed E-state index contributed by atoms with van der Waals surface area (Å²) >= 11 is 0. The second kappa shape index (κ2) is 3.02. The van der Waals surface area contributed by atoms with Crippen LogP contribution in [0.15, 0.2) is 0 Å². The van der Waals surface area contributed by atoms with E-state index in [4.69, 9.17) is 0 Å². The largest absolute Gasteiger partial charge is 0.316 e. The molecule has 0 spiro atoms. The van der Waals surface area contributed by atoms with Gasteiger partial charge in [0.15, 0.2) is 0 Å². The molecule has 0 radical (unpaired) electrons. The lowest BCUT2D eigenvalue weighted by Crippen LogP contribution is -2.19. The van der Waals surface area contributed by atoms with Crippen molar-refractivity contribution in [1.29, 1.82) is 0 Å². The van der Waals surface area contributed by atoms with Crippen LogP contribution in [-0.2, 0) is 0 Å². The van der Waals surface area contributed by atoms with Crippen molar-refractivity contribution in [2.45, 2.75) is 41.0 Å². The molecule has 1 N–H and O–H groups in total. The molecule has 0 saturated heterocycles. The maximum Gasteiger partial charge on any atom is -0.000989 e. The van der Waals surface area contributed by atoms with E-state index in [2.05, 4.69) is 39.9 Å². The molecule has 1 nitrogen and oxygen atoms in total. The molecule has 1 heteroatoms. The van der Waals surface area contributed by atoms with Gasteiger partial charge >= 0.3 is 0 Å². The van der Waals surface area contributed by atoms with Gasteiger partial charge in [-0.2, -0.15) is 0 Å². The zero-order valence-electron chi connectivity index (χ0n) is 9.20. The van der Waals surface area contributed by atoms with Gasteiger partial charge in [-0.05, 0) is 36.3 Å². The Morgan fingerprint density at radius 3 is 1.92 bits per heavy atom. The predicted octanol–water partition coefficient (Wildman–Crippen LogP) is 2.67. The molecule has 0 aromatic rings. The van der Waals surface area contributed by atoms with E-state index in [1.54, 1.807) is 0 Å². The minimum absolute atomic E-state index is 0.549. The van der Waals surface area contributed by atoms with Crippen molar-refractivity contribution in [3.63, 3.8) is 0 Å². The zero-order valence-corrected chi connectivity index (χ0v) is 9.20. The lowest BCUT2D eigenvalue weighted by Gasteiger charge is -2.04. The highest BCUT2D eigenvalue weighted by Crippen LogP contribution is 2.67. The monoisotopic (exact) mass is 169 g/mol. The molecule has 1 rings (SSSR count). The topological polar surface area (TPSA) is 12.0 Å². The molecule has 72 valence electrons. The number of hydrogen-bond donors (Lipinski definition) is 1. The average Bonchev–Trinajstić information content (AvgIpc) is 2.32. The maximum absolute atomic E-state index is 3.51. The summed E-state index contributed by atoms with van der Waals surface area (Å²) in [7, 11) is 0. The average molecular weight is 169 g/mol. The summed E-state index contributed by atoms with van der Waals surface area (Å²) in [6.45, 7) is 14.1. The predicted molar refractivity (Wildman–Crippen MR) is 54.2 cm³/mol. The fourth-order valence-electron chi connectivity index (χ4n) is 2.27. The van der Waals surface area contributed by atoms with Gasteiger partial charge < -0.3 is 5.32 Å². The summed E-state index contributed by atoms with van der Waals surface area (Å²) in [6.07, 6.45) is 1.24. The Bertz CT molecular complexity index is 144. The first-order chi connectivity index (χ1) is 5.44. The van der Waals surface area contributed by atoms with Crippen molar-refractivity contribution >= 4 is 0 Å². The van der Waals surface area contributed by atoms with E-state index >= 15 is 0 Å². The van der Waals surface area contributed by atoms with Crippen LogP contribution in [0.1, 0.15) is 41.0 Å². The first-order valence-corrected chi connectivity index (χ1v) is 5.15. The van der Waals surface area contributed by atoms with Crippen LogP contribution in [0.2, 0.25) is 0 Å². The summed E-state index contributed by atoms with van der Waals surface area (Å²) in [5.41, 5.74) is 1.10. The van der Waals surface area contributed by atoms with Gasteiger partial charge in [-0.3, -0.25) is 0 Å². The van der Waals surface area contributed by atoms with Gasteiger partial charge in [-0.15, -0.1) is 0 Å². The molecule has 1 fully saturated rings. The van der Waals surface area contributed by atoms with Crippen molar-refractivity contribution in [1.82, 2.24) is 5.32 Å². The Morgan fingerprint density at radius 1 is 1.08 bits per heavy atom. The van der Waals surface area contributed by atoms with E-state index in [0.717, 1.165) is 5.92 Å². The van der Waals surface area contributed by atoms with Gasteiger partial charge in [-0.25, -0.2) is 0 Å². The summed E-state index contributed by atoms with van der Waals surface area (Å²) in [6, 6.07) is 0. The fourth-order valence-corrected chi connectivity index (χ4v) is 2.27. The molecular formula is C11H23N. The third-order valence-corrected chi connectivity index (χ3v) is 4.09. The van der Waals surface area contributed by atoms with Crippen LogP contribution in [0.5, 0.6) is 0 Å². The Morgan fingerprint density at radius 2 is 1.58 bits per heavy atom. The van der Waals surface area contributed by atoms with E-state index in [1.807, 2.05) is 0 Å². The van der Waals surface area contributed by atoms with Crippen LogP contribution >= 0.6 is 0 Å². The second-order valence-corrected chi connectivity index (χ2v) is 5.20. The molecule has 0 bridgehead atoms. The number of rotatable bonds is 4. The maximum atomic E-state index is 3.51. The van der Waals surface area contributed by atoms with E-state index in [0.29, 0.717) is 10.8 Å². The van der Waals surface area contributed by atoms with Gasteiger partial charge in [0.25, 0.3) is 0 Å². The molecule has 0 aromatic heterocycles. The van der Waals surface area contributed by atoms with E-state index < -0.39 is 0 Å². The van der Waals surface area contributed by atoms with Crippen LogP contribution < -0.4 is 5.32 Å². The first-order valence-electron chi connectivity index (χ1n) is 5.15. The summed E-state index contributed by atoms with van der Waals surface area (Å²) in [4.78, 5) is 0. The molecule has 0 atom stereocenters. The van der Waals surface area contributed by atoms with Crippen LogP contribution in [-0.4, -0.2) is 13.1 Å². The molecular weight excluding hydrogens is 146 g/mol. The van der Waals surface area contributed by atoms with Crippen molar-refractivity contribution < 1.29 is 0 Å². The minimum Gasteiger partial charge on any atom is -0.316 e. The van der Waals surface area contributed by atoms with E-state index in [-0.39, 0.29) is 0 Å². The number of nitrogens with one attached hydrogen (secondary N) is 1. The van der Waals surface area contributed by atoms with Gasteiger partial charge in [0.05, 0.1) is 0 Å². The molecule has 0 unspecified atom stereocenters. The molecule has 12 heavy (non-hydrogen) atoms. The van der Waals surface area contributed by atoms with Gasteiger partial charge in [-0.1, -0.05) is 34.6 Å². The van der Waals surface area contributed by atoms with Crippen molar-refractivity contribution in [3.05, 3.63) is 0 Å². The summed E-state index contributed by atoms with van der Waals surface area (Å²) in [5, 5.41) is 3.51.